The summed E-state index contributed by atoms with van der Waals surface area (Å²) in [6, 6.07) is 11.6. The Hall–Kier alpha value is -2.14. The Morgan fingerprint density at radius 1 is 1.05 bits per heavy atom. The maximum atomic E-state index is 12.4. The summed E-state index contributed by atoms with van der Waals surface area (Å²) in [4.78, 5) is 24.7. The molecule has 0 spiro atoms. The predicted octanol–water partition coefficient (Wildman–Crippen LogP) is 3.73. The minimum atomic E-state index is -0.988. The van der Waals surface area contributed by atoms with Crippen LogP contribution in [0.3, 0.4) is 0 Å². The molecule has 0 unspecified atom stereocenters. The van der Waals surface area contributed by atoms with Gasteiger partial charge in [0.2, 0.25) is 0 Å². The fourth-order valence-electron chi connectivity index (χ4n) is 1.86. The van der Waals surface area contributed by atoms with Crippen molar-refractivity contribution in [3.8, 4) is 0 Å². The number of anilines is 1. The first kappa shape index (κ1) is 15.3. The average molecular weight is 348 g/mol. The van der Waals surface area contributed by atoms with Gasteiger partial charge in [0.15, 0.2) is 0 Å². The van der Waals surface area contributed by atoms with E-state index in [1.807, 2.05) is 13.0 Å². The van der Waals surface area contributed by atoms with Crippen LogP contribution >= 0.6 is 15.9 Å². The number of amides is 1. The second-order valence-electron chi connectivity index (χ2n) is 4.68. The van der Waals surface area contributed by atoms with E-state index in [1.165, 1.54) is 17.0 Å². The number of benzene rings is 2. The molecule has 1 amide bonds. The monoisotopic (exact) mass is 347 g/mol. The molecule has 0 aliphatic rings. The SMILES string of the molecule is Cc1ccc(C(=O)N(C)c2ccc(C(=O)O)cc2)cc1Br. The van der Waals surface area contributed by atoms with Gasteiger partial charge in [0.1, 0.15) is 0 Å². The van der Waals surface area contributed by atoms with Crippen molar-refractivity contribution in [2.45, 2.75) is 6.92 Å². The van der Waals surface area contributed by atoms with E-state index in [9.17, 15) is 9.59 Å². The number of carboxylic acids is 1. The fraction of sp³-hybridized carbons (Fsp3) is 0.125. The molecule has 0 saturated heterocycles. The molecule has 0 atom stereocenters. The molecule has 5 heteroatoms. The molecule has 0 saturated carbocycles. The number of halogens is 1. The third-order valence-electron chi connectivity index (χ3n) is 3.22. The van der Waals surface area contributed by atoms with Crippen molar-refractivity contribution < 1.29 is 14.7 Å². The maximum Gasteiger partial charge on any atom is 0.335 e. The van der Waals surface area contributed by atoms with Crippen molar-refractivity contribution in [1.29, 1.82) is 0 Å². The van der Waals surface area contributed by atoms with Gasteiger partial charge in [0, 0.05) is 22.8 Å². The first-order valence-corrected chi connectivity index (χ1v) is 7.07. The average Bonchev–Trinajstić information content (AvgIpc) is 2.48. The van der Waals surface area contributed by atoms with Crippen LogP contribution in [0.1, 0.15) is 26.3 Å². The lowest BCUT2D eigenvalue weighted by molar-refractivity contribution is 0.0696. The molecule has 2 aromatic carbocycles. The summed E-state index contributed by atoms with van der Waals surface area (Å²) in [6.45, 7) is 1.95. The number of nitrogens with zero attached hydrogens (tertiary/aromatic N) is 1. The molecule has 1 N–H and O–H groups in total. The molecule has 0 heterocycles. The molecule has 0 aliphatic heterocycles. The van der Waals surface area contributed by atoms with Crippen molar-refractivity contribution in [1.82, 2.24) is 0 Å². The first-order valence-electron chi connectivity index (χ1n) is 6.27. The number of hydrogen-bond acceptors (Lipinski definition) is 2. The highest BCUT2D eigenvalue weighted by Gasteiger charge is 2.14. The van der Waals surface area contributed by atoms with Crippen molar-refractivity contribution in [2.24, 2.45) is 0 Å². The van der Waals surface area contributed by atoms with Crippen LogP contribution < -0.4 is 4.90 Å². The fourth-order valence-corrected chi connectivity index (χ4v) is 2.24. The summed E-state index contributed by atoms with van der Waals surface area (Å²) in [5.74, 6) is -1.14. The van der Waals surface area contributed by atoms with Gasteiger partial charge in [0.25, 0.3) is 5.91 Å². The standard InChI is InChI=1S/C16H14BrNO3/c1-10-3-4-12(9-14(10)17)15(19)18(2)13-7-5-11(6-8-13)16(20)21/h3-9H,1-2H3,(H,20,21). The van der Waals surface area contributed by atoms with Crippen LogP contribution in [0, 0.1) is 6.92 Å². The van der Waals surface area contributed by atoms with Gasteiger partial charge in [-0.05, 0) is 48.9 Å². The normalized spacial score (nSPS) is 10.2. The molecule has 21 heavy (non-hydrogen) atoms. The van der Waals surface area contributed by atoms with Crippen LogP contribution in [0.25, 0.3) is 0 Å². The van der Waals surface area contributed by atoms with Gasteiger partial charge in [-0.3, -0.25) is 4.79 Å². The number of aryl methyl sites for hydroxylation is 1. The summed E-state index contributed by atoms with van der Waals surface area (Å²) in [7, 11) is 1.66. The topological polar surface area (TPSA) is 57.6 Å². The molecular formula is C16H14BrNO3. The summed E-state index contributed by atoms with van der Waals surface area (Å²) < 4.78 is 0.878. The van der Waals surface area contributed by atoms with E-state index in [0.29, 0.717) is 11.3 Å². The maximum absolute atomic E-state index is 12.4. The molecule has 108 valence electrons. The van der Waals surface area contributed by atoms with E-state index in [0.717, 1.165) is 10.0 Å². The number of carboxylic acid groups (broad SMARTS) is 1. The van der Waals surface area contributed by atoms with Crippen LogP contribution in [0.15, 0.2) is 46.9 Å². The number of aromatic carboxylic acids is 1. The molecule has 0 fully saturated rings. The van der Waals surface area contributed by atoms with Gasteiger partial charge in [-0.1, -0.05) is 22.0 Å². The number of carbonyl (C=O) groups excluding carboxylic acids is 1. The van der Waals surface area contributed by atoms with Gasteiger partial charge >= 0.3 is 5.97 Å². The highest BCUT2D eigenvalue weighted by molar-refractivity contribution is 9.10. The number of rotatable bonds is 3. The van der Waals surface area contributed by atoms with Crippen molar-refractivity contribution >= 4 is 33.5 Å². The minimum Gasteiger partial charge on any atom is -0.478 e. The summed E-state index contributed by atoms with van der Waals surface area (Å²) in [5, 5.41) is 8.87. The van der Waals surface area contributed by atoms with Crippen LogP contribution in [-0.2, 0) is 0 Å². The second kappa shape index (κ2) is 6.10. The molecule has 4 nitrogen and oxygen atoms in total. The minimum absolute atomic E-state index is 0.154. The summed E-state index contributed by atoms with van der Waals surface area (Å²) in [5.41, 5.74) is 2.46. The summed E-state index contributed by atoms with van der Waals surface area (Å²) in [6.07, 6.45) is 0. The van der Waals surface area contributed by atoms with Crippen LogP contribution in [0.5, 0.6) is 0 Å². The zero-order valence-electron chi connectivity index (χ0n) is 11.6. The van der Waals surface area contributed by atoms with Crippen LogP contribution in [0.4, 0.5) is 5.69 Å². The van der Waals surface area contributed by atoms with E-state index in [2.05, 4.69) is 15.9 Å². The third kappa shape index (κ3) is 3.31. The Morgan fingerprint density at radius 3 is 2.14 bits per heavy atom. The molecule has 0 aliphatic carbocycles. The number of carbonyl (C=O) groups is 2. The third-order valence-corrected chi connectivity index (χ3v) is 4.08. The van der Waals surface area contributed by atoms with Gasteiger partial charge in [-0.2, -0.15) is 0 Å². The van der Waals surface area contributed by atoms with E-state index in [4.69, 9.17) is 5.11 Å². The van der Waals surface area contributed by atoms with Gasteiger partial charge in [0.05, 0.1) is 5.56 Å². The highest BCUT2D eigenvalue weighted by atomic mass is 79.9. The Morgan fingerprint density at radius 2 is 1.62 bits per heavy atom. The van der Waals surface area contributed by atoms with Gasteiger partial charge in [-0.25, -0.2) is 4.79 Å². The Labute approximate surface area is 131 Å². The first-order chi connectivity index (χ1) is 9.90. The Kier molecular flexibility index (Phi) is 4.43. The van der Waals surface area contributed by atoms with Gasteiger partial charge < -0.3 is 10.0 Å². The second-order valence-corrected chi connectivity index (χ2v) is 5.53. The largest absolute Gasteiger partial charge is 0.478 e. The van der Waals surface area contributed by atoms with E-state index >= 15 is 0 Å². The number of hydrogen-bond donors (Lipinski definition) is 1. The zero-order valence-corrected chi connectivity index (χ0v) is 13.2. The van der Waals surface area contributed by atoms with E-state index < -0.39 is 5.97 Å². The lowest BCUT2D eigenvalue weighted by Crippen LogP contribution is -2.26. The summed E-state index contributed by atoms with van der Waals surface area (Å²) >= 11 is 3.41. The smallest absolute Gasteiger partial charge is 0.335 e. The molecule has 0 bridgehead atoms. The quantitative estimate of drug-likeness (QED) is 0.920. The van der Waals surface area contributed by atoms with Crippen LogP contribution in [-0.4, -0.2) is 24.0 Å². The molecular weight excluding hydrogens is 334 g/mol. The van der Waals surface area contributed by atoms with E-state index in [-0.39, 0.29) is 11.5 Å². The van der Waals surface area contributed by atoms with Gasteiger partial charge in [-0.15, -0.1) is 0 Å². The molecule has 2 aromatic rings. The van der Waals surface area contributed by atoms with Crippen LogP contribution in [0.2, 0.25) is 0 Å². The Bertz CT molecular complexity index is 695. The zero-order chi connectivity index (χ0) is 15.6. The lowest BCUT2D eigenvalue weighted by Gasteiger charge is -2.18. The Balaban J connectivity index is 2.25. The van der Waals surface area contributed by atoms with Crippen molar-refractivity contribution in [3.63, 3.8) is 0 Å². The lowest BCUT2D eigenvalue weighted by atomic mass is 10.1. The molecule has 2 rings (SSSR count). The van der Waals surface area contributed by atoms with E-state index in [1.54, 1.807) is 31.3 Å². The predicted molar refractivity (Wildman–Crippen MR) is 85.0 cm³/mol. The highest BCUT2D eigenvalue weighted by Crippen LogP contribution is 2.21. The molecule has 0 aromatic heterocycles. The van der Waals surface area contributed by atoms with Crippen molar-refractivity contribution in [3.05, 3.63) is 63.6 Å². The van der Waals surface area contributed by atoms with Crippen molar-refractivity contribution in [2.75, 3.05) is 11.9 Å². The molecule has 0 radical (unpaired) electrons.